The standard InChI is InChI=1S/C10H21N.C6H4Cl2/c1-5-9(3)11(4)7-10-6-8(10)2;7-5-3-1-2-4-6(5)8/h8-10H,5-7H2,1-4H3;1-4H. The number of rotatable bonds is 4. The van der Waals surface area contributed by atoms with E-state index in [9.17, 15) is 0 Å². The first-order chi connectivity index (χ1) is 8.95. The molecule has 1 aromatic rings. The first-order valence-corrected chi connectivity index (χ1v) is 7.81. The Labute approximate surface area is 127 Å². The smallest absolute Gasteiger partial charge is 0.0592 e. The van der Waals surface area contributed by atoms with Crippen LogP contribution < -0.4 is 0 Å². The summed E-state index contributed by atoms with van der Waals surface area (Å²) in [6.07, 6.45) is 2.73. The minimum atomic E-state index is 0.606. The quantitative estimate of drug-likeness (QED) is 0.723. The summed E-state index contributed by atoms with van der Waals surface area (Å²) in [5, 5.41) is 1.21. The van der Waals surface area contributed by atoms with E-state index in [4.69, 9.17) is 23.2 Å². The topological polar surface area (TPSA) is 3.24 Å². The van der Waals surface area contributed by atoms with Crippen molar-refractivity contribution in [1.82, 2.24) is 4.90 Å². The number of benzene rings is 1. The zero-order chi connectivity index (χ0) is 14.4. The lowest BCUT2D eigenvalue weighted by atomic mass is 10.2. The van der Waals surface area contributed by atoms with Gasteiger partial charge < -0.3 is 4.90 Å². The third kappa shape index (κ3) is 6.16. The van der Waals surface area contributed by atoms with Gasteiger partial charge in [0.05, 0.1) is 10.0 Å². The van der Waals surface area contributed by atoms with Crippen LogP contribution in [0.1, 0.15) is 33.6 Å². The average molecular weight is 302 g/mol. The van der Waals surface area contributed by atoms with Crippen LogP contribution in [0.15, 0.2) is 24.3 Å². The van der Waals surface area contributed by atoms with Crippen molar-refractivity contribution in [3.05, 3.63) is 34.3 Å². The molecule has 108 valence electrons. The van der Waals surface area contributed by atoms with Crippen molar-refractivity contribution in [2.45, 2.75) is 39.7 Å². The Morgan fingerprint density at radius 3 is 2.05 bits per heavy atom. The molecule has 0 bridgehead atoms. The van der Waals surface area contributed by atoms with Crippen LogP contribution in [0.4, 0.5) is 0 Å². The maximum Gasteiger partial charge on any atom is 0.0592 e. The van der Waals surface area contributed by atoms with E-state index in [1.165, 1.54) is 19.4 Å². The maximum atomic E-state index is 5.58. The van der Waals surface area contributed by atoms with Crippen molar-refractivity contribution in [3.63, 3.8) is 0 Å². The molecule has 1 aliphatic rings. The highest BCUT2D eigenvalue weighted by Gasteiger charge is 2.33. The molecule has 0 heterocycles. The Morgan fingerprint density at radius 1 is 1.26 bits per heavy atom. The summed E-state index contributed by atoms with van der Waals surface area (Å²) < 4.78 is 0. The normalized spacial score (nSPS) is 22.7. The van der Waals surface area contributed by atoms with Crippen LogP contribution in [0.2, 0.25) is 10.0 Å². The van der Waals surface area contributed by atoms with Crippen molar-refractivity contribution in [3.8, 4) is 0 Å². The van der Waals surface area contributed by atoms with Gasteiger partial charge in [-0.05, 0) is 50.8 Å². The molecular weight excluding hydrogens is 277 g/mol. The van der Waals surface area contributed by atoms with Gasteiger partial charge in [0.15, 0.2) is 0 Å². The highest BCUT2D eigenvalue weighted by atomic mass is 35.5. The molecule has 19 heavy (non-hydrogen) atoms. The maximum absolute atomic E-state index is 5.58. The van der Waals surface area contributed by atoms with E-state index in [1.54, 1.807) is 12.1 Å². The van der Waals surface area contributed by atoms with Gasteiger partial charge in [-0.25, -0.2) is 0 Å². The summed E-state index contributed by atoms with van der Waals surface area (Å²) in [7, 11) is 2.25. The van der Waals surface area contributed by atoms with Gasteiger partial charge >= 0.3 is 0 Å². The fourth-order valence-electron chi connectivity index (χ4n) is 1.95. The highest BCUT2D eigenvalue weighted by Crippen LogP contribution is 2.38. The molecule has 1 nitrogen and oxygen atoms in total. The van der Waals surface area contributed by atoms with Gasteiger partial charge in [0.1, 0.15) is 0 Å². The summed E-state index contributed by atoms with van der Waals surface area (Å²) in [6, 6.07) is 7.96. The second kappa shape index (κ2) is 8.14. The van der Waals surface area contributed by atoms with Crippen LogP contribution in [0.5, 0.6) is 0 Å². The SMILES string of the molecule is CCC(C)N(C)CC1CC1C.Clc1ccccc1Cl. The lowest BCUT2D eigenvalue weighted by Crippen LogP contribution is -2.30. The van der Waals surface area contributed by atoms with Gasteiger partial charge in [0.2, 0.25) is 0 Å². The Hall–Kier alpha value is -0.240. The number of hydrogen-bond acceptors (Lipinski definition) is 1. The Balaban J connectivity index is 0.000000200. The van der Waals surface area contributed by atoms with Crippen LogP contribution >= 0.6 is 23.2 Å². The molecule has 1 saturated carbocycles. The van der Waals surface area contributed by atoms with Gasteiger partial charge in [-0.3, -0.25) is 0 Å². The van der Waals surface area contributed by atoms with Crippen LogP contribution in [0.25, 0.3) is 0 Å². The zero-order valence-corrected chi connectivity index (χ0v) is 13.9. The predicted molar refractivity (Wildman–Crippen MR) is 86.1 cm³/mol. The molecule has 3 atom stereocenters. The minimum Gasteiger partial charge on any atom is -0.303 e. The number of halogens is 2. The fourth-order valence-corrected chi connectivity index (χ4v) is 2.23. The molecule has 2 rings (SSSR count). The van der Waals surface area contributed by atoms with E-state index in [1.807, 2.05) is 12.1 Å². The van der Waals surface area contributed by atoms with Gasteiger partial charge in [-0.15, -0.1) is 0 Å². The van der Waals surface area contributed by atoms with E-state index in [0.29, 0.717) is 10.0 Å². The molecule has 0 N–H and O–H groups in total. The second-order valence-corrected chi connectivity index (χ2v) is 6.40. The van der Waals surface area contributed by atoms with Gasteiger partial charge in [0, 0.05) is 12.6 Å². The molecule has 3 heteroatoms. The second-order valence-electron chi connectivity index (χ2n) is 5.58. The van der Waals surface area contributed by atoms with Crippen LogP contribution in [0, 0.1) is 11.8 Å². The Morgan fingerprint density at radius 2 is 1.74 bits per heavy atom. The highest BCUT2D eigenvalue weighted by molar-refractivity contribution is 6.41. The van der Waals surface area contributed by atoms with Gasteiger partial charge in [0.25, 0.3) is 0 Å². The van der Waals surface area contributed by atoms with Crippen molar-refractivity contribution in [2.24, 2.45) is 11.8 Å². The molecule has 0 spiro atoms. The molecule has 0 aliphatic heterocycles. The fraction of sp³-hybridized carbons (Fsp3) is 0.625. The number of hydrogen-bond donors (Lipinski definition) is 0. The van der Waals surface area contributed by atoms with E-state index in [0.717, 1.165) is 17.9 Å². The molecule has 3 unspecified atom stereocenters. The zero-order valence-electron chi connectivity index (χ0n) is 12.4. The van der Waals surface area contributed by atoms with Crippen LogP contribution in [-0.4, -0.2) is 24.5 Å². The van der Waals surface area contributed by atoms with E-state index >= 15 is 0 Å². The van der Waals surface area contributed by atoms with Crippen molar-refractivity contribution < 1.29 is 0 Å². The third-order valence-electron chi connectivity index (χ3n) is 3.97. The summed E-state index contributed by atoms with van der Waals surface area (Å²) in [5.41, 5.74) is 0. The Bertz CT molecular complexity index is 360. The summed E-state index contributed by atoms with van der Waals surface area (Å²) in [5.74, 6) is 2.01. The van der Waals surface area contributed by atoms with E-state index in [2.05, 4.69) is 32.7 Å². The number of nitrogens with zero attached hydrogens (tertiary/aromatic N) is 1. The Kier molecular flexibility index (Phi) is 7.20. The lowest BCUT2D eigenvalue weighted by Gasteiger charge is -2.23. The summed E-state index contributed by atoms with van der Waals surface area (Å²) in [4.78, 5) is 2.49. The molecule has 0 aromatic heterocycles. The van der Waals surface area contributed by atoms with Crippen LogP contribution in [-0.2, 0) is 0 Å². The molecule has 0 radical (unpaired) electrons. The van der Waals surface area contributed by atoms with E-state index < -0.39 is 0 Å². The molecule has 0 amide bonds. The molecule has 1 aliphatic carbocycles. The molecule has 1 aromatic carbocycles. The van der Waals surface area contributed by atoms with Crippen molar-refractivity contribution >= 4 is 23.2 Å². The molecule has 1 fully saturated rings. The van der Waals surface area contributed by atoms with Crippen LogP contribution in [0.3, 0.4) is 0 Å². The third-order valence-corrected chi connectivity index (χ3v) is 4.72. The first kappa shape index (κ1) is 16.8. The average Bonchev–Trinajstić information content (AvgIpc) is 3.08. The lowest BCUT2D eigenvalue weighted by molar-refractivity contribution is 0.239. The minimum absolute atomic E-state index is 0.606. The predicted octanol–water partition coefficient (Wildman–Crippen LogP) is 5.37. The molecule has 0 saturated heterocycles. The molecular formula is C16H25Cl2N. The monoisotopic (exact) mass is 301 g/mol. The van der Waals surface area contributed by atoms with Crippen molar-refractivity contribution in [1.29, 1.82) is 0 Å². The van der Waals surface area contributed by atoms with Gasteiger partial charge in [-0.2, -0.15) is 0 Å². The summed E-state index contributed by atoms with van der Waals surface area (Å²) >= 11 is 11.2. The van der Waals surface area contributed by atoms with Crippen molar-refractivity contribution in [2.75, 3.05) is 13.6 Å². The van der Waals surface area contributed by atoms with Gasteiger partial charge in [-0.1, -0.05) is 49.2 Å². The summed E-state index contributed by atoms with van der Waals surface area (Å²) in [6.45, 7) is 8.25. The largest absolute Gasteiger partial charge is 0.303 e. The van der Waals surface area contributed by atoms with E-state index in [-0.39, 0.29) is 0 Å². The first-order valence-electron chi connectivity index (χ1n) is 7.06.